The molecule has 2 N–H and O–H groups in total. The van der Waals surface area contributed by atoms with Crippen molar-refractivity contribution in [2.24, 2.45) is 0 Å². The van der Waals surface area contributed by atoms with E-state index in [0.717, 1.165) is 30.8 Å². The molecule has 1 aromatic rings. The summed E-state index contributed by atoms with van der Waals surface area (Å²) in [6, 6.07) is 1.81. The first kappa shape index (κ1) is 18.0. The van der Waals surface area contributed by atoms with E-state index in [2.05, 4.69) is 55.3 Å². The van der Waals surface area contributed by atoms with Gasteiger partial charge in [-0.2, -0.15) is 4.98 Å². The van der Waals surface area contributed by atoms with Crippen LogP contribution in [0.15, 0.2) is 10.5 Å². The fourth-order valence-corrected chi connectivity index (χ4v) is 3.27. The normalized spacial score (nSPS) is 19.4. The monoisotopic (exact) mass is 385 g/mol. The molecule has 0 bridgehead atoms. The summed E-state index contributed by atoms with van der Waals surface area (Å²) in [5.41, 5.74) is 0.426. The molecule has 1 saturated heterocycles. The van der Waals surface area contributed by atoms with Gasteiger partial charge in [0.05, 0.1) is 24.3 Å². The van der Waals surface area contributed by atoms with Crippen molar-refractivity contribution in [1.82, 2.24) is 20.1 Å². The predicted molar refractivity (Wildman–Crippen MR) is 94.0 cm³/mol. The number of likely N-dealkylation sites (N-methyl/N-ethyl adjacent to an activating group) is 2. The first-order chi connectivity index (χ1) is 11.0. The fourth-order valence-electron chi connectivity index (χ4n) is 2.75. The van der Waals surface area contributed by atoms with Gasteiger partial charge in [-0.15, -0.1) is 0 Å². The van der Waals surface area contributed by atoms with Crippen molar-refractivity contribution in [2.45, 2.75) is 13.0 Å². The summed E-state index contributed by atoms with van der Waals surface area (Å²) in [5, 5.41) is 6.04. The van der Waals surface area contributed by atoms with Gasteiger partial charge in [-0.3, -0.25) is 14.6 Å². The highest BCUT2D eigenvalue weighted by atomic mass is 79.9. The van der Waals surface area contributed by atoms with Crippen molar-refractivity contribution >= 4 is 27.7 Å². The Bertz CT molecular complexity index is 569. The number of rotatable bonds is 5. The Kier molecular flexibility index (Phi) is 6.20. The van der Waals surface area contributed by atoms with E-state index in [0.29, 0.717) is 17.3 Å². The van der Waals surface area contributed by atoms with E-state index in [-0.39, 0.29) is 11.9 Å². The van der Waals surface area contributed by atoms with Crippen molar-refractivity contribution < 1.29 is 9.53 Å². The zero-order valence-corrected chi connectivity index (χ0v) is 15.6. The highest BCUT2D eigenvalue weighted by molar-refractivity contribution is 9.10. The van der Waals surface area contributed by atoms with E-state index in [4.69, 9.17) is 4.74 Å². The van der Waals surface area contributed by atoms with Gasteiger partial charge < -0.3 is 15.4 Å². The van der Waals surface area contributed by atoms with Crippen LogP contribution in [0, 0.1) is 0 Å². The number of aromatic nitrogens is 1. The van der Waals surface area contributed by atoms with Gasteiger partial charge in [0, 0.05) is 20.1 Å². The number of ether oxygens (including phenoxy) is 1. The molecule has 1 fully saturated rings. The predicted octanol–water partition coefficient (Wildman–Crippen LogP) is 1.22. The third kappa shape index (κ3) is 4.33. The van der Waals surface area contributed by atoms with Crippen LogP contribution in [0.1, 0.15) is 17.3 Å². The number of hydrogen-bond donors (Lipinski definition) is 2. The summed E-state index contributed by atoms with van der Waals surface area (Å²) in [5.74, 6) is 0.772. The Hall–Kier alpha value is -1.38. The van der Waals surface area contributed by atoms with Crippen LogP contribution in [0.4, 0.5) is 5.82 Å². The molecule has 7 nitrogen and oxygen atoms in total. The van der Waals surface area contributed by atoms with E-state index in [1.807, 2.05) is 0 Å². The Balaban J connectivity index is 2.15. The number of halogens is 1. The van der Waals surface area contributed by atoms with Gasteiger partial charge in [-0.25, -0.2) is 0 Å². The average Bonchev–Trinajstić information content (AvgIpc) is 2.53. The molecule has 2 heterocycles. The molecule has 0 radical (unpaired) electrons. The molecule has 1 amide bonds. The molecule has 128 valence electrons. The number of hydrogen-bond acceptors (Lipinski definition) is 6. The van der Waals surface area contributed by atoms with Crippen LogP contribution in [0.5, 0.6) is 5.88 Å². The van der Waals surface area contributed by atoms with Gasteiger partial charge in [0.15, 0.2) is 0 Å². The molecule has 0 aliphatic carbocycles. The molecule has 1 aliphatic heterocycles. The molecule has 1 atom stereocenters. The lowest BCUT2D eigenvalue weighted by Gasteiger charge is -2.38. The molecule has 1 aromatic heterocycles. The van der Waals surface area contributed by atoms with Crippen LogP contribution >= 0.6 is 15.9 Å². The summed E-state index contributed by atoms with van der Waals surface area (Å²) in [6.07, 6.45) is 0. The summed E-state index contributed by atoms with van der Waals surface area (Å²) in [7, 11) is 5.34. The van der Waals surface area contributed by atoms with Crippen molar-refractivity contribution in [3.05, 3.63) is 16.1 Å². The van der Waals surface area contributed by atoms with Gasteiger partial charge in [-0.1, -0.05) is 6.92 Å². The molecular weight excluding hydrogens is 362 g/mol. The van der Waals surface area contributed by atoms with Gasteiger partial charge >= 0.3 is 0 Å². The molecule has 23 heavy (non-hydrogen) atoms. The highest BCUT2D eigenvalue weighted by Gasteiger charge is 2.25. The Labute approximate surface area is 145 Å². The largest absolute Gasteiger partial charge is 0.480 e. The number of anilines is 1. The first-order valence-electron chi connectivity index (χ1n) is 7.62. The number of pyridine rings is 1. The quantitative estimate of drug-likeness (QED) is 0.793. The summed E-state index contributed by atoms with van der Waals surface area (Å²) in [4.78, 5) is 21.4. The molecule has 8 heteroatoms. The van der Waals surface area contributed by atoms with E-state index >= 15 is 0 Å². The molecule has 0 saturated carbocycles. The standard InChI is InChI=1S/C15H24BrN5O2/c1-5-21-8-10(7-20(3)9-21)18-14(22)11-6-12(16)13(17-2)19-15(11)23-4/h6,10H,5,7-9H2,1-4H3,(H,17,19)(H,18,22)/t10-/m1/s1. The lowest BCUT2D eigenvalue weighted by Crippen LogP contribution is -2.56. The molecule has 2 rings (SSSR count). The highest BCUT2D eigenvalue weighted by Crippen LogP contribution is 2.27. The van der Waals surface area contributed by atoms with Crippen LogP contribution < -0.4 is 15.4 Å². The number of nitrogens with one attached hydrogen (secondary N) is 2. The number of methoxy groups -OCH3 is 1. The lowest BCUT2D eigenvalue weighted by atomic mass is 10.1. The van der Waals surface area contributed by atoms with E-state index < -0.39 is 0 Å². The van der Waals surface area contributed by atoms with Gasteiger partial charge in [0.25, 0.3) is 5.91 Å². The third-order valence-electron chi connectivity index (χ3n) is 3.85. The zero-order valence-electron chi connectivity index (χ0n) is 14.0. The second-order valence-electron chi connectivity index (χ2n) is 5.65. The van der Waals surface area contributed by atoms with Crippen molar-refractivity contribution in [1.29, 1.82) is 0 Å². The number of amides is 1. The maximum Gasteiger partial charge on any atom is 0.257 e. The zero-order chi connectivity index (χ0) is 17.0. The topological polar surface area (TPSA) is 69.7 Å². The molecular formula is C15H24BrN5O2. The van der Waals surface area contributed by atoms with E-state index in [1.54, 1.807) is 13.1 Å². The van der Waals surface area contributed by atoms with Gasteiger partial charge in [0.2, 0.25) is 5.88 Å². The maximum absolute atomic E-state index is 12.6. The lowest BCUT2D eigenvalue weighted by molar-refractivity contribution is 0.0721. The minimum atomic E-state index is -0.172. The van der Waals surface area contributed by atoms with E-state index in [9.17, 15) is 4.79 Å². The SMILES string of the molecule is CCN1C[C@H](NC(=O)c2cc(Br)c(NC)nc2OC)CN(C)C1. The Morgan fingerprint density at radius 2 is 2.26 bits per heavy atom. The van der Waals surface area contributed by atoms with Crippen LogP contribution in [0.3, 0.4) is 0 Å². The third-order valence-corrected chi connectivity index (χ3v) is 4.45. The number of carbonyl (C=O) groups excluding carboxylic acids is 1. The maximum atomic E-state index is 12.6. The van der Waals surface area contributed by atoms with Gasteiger partial charge in [0.1, 0.15) is 11.4 Å². The summed E-state index contributed by atoms with van der Waals surface area (Å²) < 4.78 is 5.99. The fraction of sp³-hybridized carbons (Fsp3) is 0.600. The number of carbonyl (C=O) groups is 1. The average molecular weight is 386 g/mol. The Morgan fingerprint density at radius 3 is 2.87 bits per heavy atom. The van der Waals surface area contributed by atoms with Crippen molar-refractivity contribution in [3.8, 4) is 5.88 Å². The number of nitrogens with zero attached hydrogens (tertiary/aromatic N) is 3. The Morgan fingerprint density at radius 1 is 1.52 bits per heavy atom. The second-order valence-corrected chi connectivity index (χ2v) is 6.50. The second kappa shape index (κ2) is 7.94. The molecule has 0 unspecified atom stereocenters. The molecule has 1 aliphatic rings. The van der Waals surface area contributed by atoms with Crippen molar-refractivity contribution in [2.75, 3.05) is 52.8 Å². The smallest absolute Gasteiger partial charge is 0.257 e. The van der Waals surface area contributed by atoms with Crippen LogP contribution in [0.25, 0.3) is 0 Å². The van der Waals surface area contributed by atoms with Crippen LogP contribution in [-0.4, -0.2) is 74.2 Å². The van der Waals surface area contributed by atoms with Crippen molar-refractivity contribution in [3.63, 3.8) is 0 Å². The summed E-state index contributed by atoms with van der Waals surface area (Å²) in [6.45, 7) is 5.69. The minimum absolute atomic E-state index is 0.0775. The first-order valence-corrected chi connectivity index (χ1v) is 8.41. The van der Waals surface area contributed by atoms with Crippen LogP contribution in [0.2, 0.25) is 0 Å². The minimum Gasteiger partial charge on any atom is -0.480 e. The molecule has 0 spiro atoms. The molecule has 0 aromatic carbocycles. The van der Waals surface area contributed by atoms with E-state index in [1.165, 1.54) is 7.11 Å². The van der Waals surface area contributed by atoms with Gasteiger partial charge in [-0.05, 0) is 35.6 Å². The summed E-state index contributed by atoms with van der Waals surface area (Å²) >= 11 is 3.42. The van der Waals surface area contributed by atoms with Crippen LogP contribution in [-0.2, 0) is 0 Å².